The number of hydrogen-bond donors (Lipinski definition) is 0. The predicted octanol–water partition coefficient (Wildman–Crippen LogP) is 3.91. The zero-order valence-corrected chi connectivity index (χ0v) is 10.9. The van der Waals surface area contributed by atoms with Crippen LogP contribution < -0.4 is 0 Å². The molecular formula is C15H19FO2. The van der Waals surface area contributed by atoms with Gasteiger partial charge in [-0.15, -0.1) is 0 Å². The number of hydrogen-bond acceptors (Lipinski definition) is 2. The van der Waals surface area contributed by atoms with Gasteiger partial charge in [-0.3, -0.25) is 0 Å². The molecule has 0 heterocycles. The highest BCUT2D eigenvalue weighted by atomic mass is 19.1. The molecule has 0 aliphatic carbocycles. The van der Waals surface area contributed by atoms with Crippen molar-refractivity contribution < 1.29 is 13.9 Å². The van der Waals surface area contributed by atoms with E-state index in [1.54, 1.807) is 18.2 Å². The molecule has 0 saturated carbocycles. The SMILES string of the molecule is C=C(C(=O)OCCCC)C(F)c1cccc(C)c1. The molecule has 0 aliphatic heterocycles. The maximum Gasteiger partial charge on any atom is 0.336 e. The van der Waals surface area contributed by atoms with Gasteiger partial charge in [0, 0.05) is 0 Å². The van der Waals surface area contributed by atoms with Crippen molar-refractivity contribution in [1.82, 2.24) is 0 Å². The Morgan fingerprint density at radius 2 is 2.22 bits per heavy atom. The van der Waals surface area contributed by atoms with Gasteiger partial charge in [0.2, 0.25) is 0 Å². The van der Waals surface area contributed by atoms with Crippen molar-refractivity contribution in [2.45, 2.75) is 32.9 Å². The molecule has 0 saturated heterocycles. The third-order valence-corrected chi connectivity index (χ3v) is 2.63. The molecule has 1 rings (SSSR count). The highest BCUT2D eigenvalue weighted by Crippen LogP contribution is 2.26. The normalized spacial score (nSPS) is 11.9. The molecule has 1 unspecified atom stereocenters. The Hall–Kier alpha value is -1.64. The van der Waals surface area contributed by atoms with E-state index in [4.69, 9.17) is 4.74 Å². The number of esters is 1. The Balaban J connectivity index is 2.63. The lowest BCUT2D eigenvalue weighted by Crippen LogP contribution is -2.12. The average Bonchev–Trinajstić information content (AvgIpc) is 2.37. The Morgan fingerprint density at radius 3 is 2.83 bits per heavy atom. The first kappa shape index (κ1) is 14.4. The average molecular weight is 250 g/mol. The van der Waals surface area contributed by atoms with Crippen molar-refractivity contribution in [3.63, 3.8) is 0 Å². The van der Waals surface area contributed by atoms with Crippen LogP contribution >= 0.6 is 0 Å². The molecule has 0 bridgehead atoms. The summed E-state index contributed by atoms with van der Waals surface area (Å²) in [5.41, 5.74) is 1.24. The number of carbonyl (C=O) groups is 1. The lowest BCUT2D eigenvalue weighted by molar-refractivity contribution is -0.139. The van der Waals surface area contributed by atoms with Gasteiger partial charge in [-0.05, 0) is 18.9 Å². The van der Waals surface area contributed by atoms with E-state index in [0.29, 0.717) is 12.2 Å². The van der Waals surface area contributed by atoms with Gasteiger partial charge in [0.15, 0.2) is 6.17 Å². The number of unbranched alkanes of at least 4 members (excludes halogenated alkanes) is 1. The molecule has 0 fully saturated rings. The van der Waals surface area contributed by atoms with E-state index in [-0.39, 0.29) is 5.57 Å². The molecule has 2 nitrogen and oxygen atoms in total. The molecule has 18 heavy (non-hydrogen) atoms. The lowest BCUT2D eigenvalue weighted by atomic mass is 10.0. The molecule has 3 heteroatoms. The van der Waals surface area contributed by atoms with Crippen LogP contribution in [0, 0.1) is 6.92 Å². The highest BCUT2D eigenvalue weighted by Gasteiger charge is 2.21. The van der Waals surface area contributed by atoms with Gasteiger partial charge < -0.3 is 4.74 Å². The first-order chi connectivity index (χ1) is 8.56. The van der Waals surface area contributed by atoms with Crippen LogP contribution in [0.15, 0.2) is 36.4 Å². The van der Waals surface area contributed by atoms with Crippen LogP contribution in [0.2, 0.25) is 0 Å². The molecule has 98 valence electrons. The van der Waals surface area contributed by atoms with Crippen molar-refractivity contribution in [1.29, 1.82) is 0 Å². The fraction of sp³-hybridized carbons (Fsp3) is 0.400. The smallest absolute Gasteiger partial charge is 0.336 e. The molecule has 0 aromatic heterocycles. The maximum atomic E-state index is 14.1. The predicted molar refractivity (Wildman–Crippen MR) is 70.0 cm³/mol. The van der Waals surface area contributed by atoms with Crippen molar-refractivity contribution in [3.05, 3.63) is 47.5 Å². The number of benzene rings is 1. The summed E-state index contributed by atoms with van der Waals surface area (Å²) >= 11 is 0. The molecular weight excluding hydrogens is 231 g/mol. The summed E-state index contributed by atoms with van der Waals surface area (Å²) in [5, 5.41) is 0. The standard InChI is InChI=1S/C15H19FO2/c1-4-5-9-18-15(17)12(3)14(16)13-8-6-7-11(2)10-13/h6-8,10,14H,3-5,9H2,1-2H3. The van der Waals surface area contributed by atoms with Crippen molar-refractivity contribution in [3.8, 4) is 0 Å². The van der Waals surface area contributed by atoms with Gasteiger partial charge in [0.05, 0.1) is 12.2 Å². The van der Waals surface area contributed by atoms with Crippen LogP contribution in [-0.4, -0.2) is 12.6 Å². The monoisotopic (exact) mass is 250 g/mol. The summed E-state index contributed by atoms with van der Waals surface area (Å²) in [6, 6.07) is 6.98. The number of ether oxygens (including phenoxy) is 1. The van der Waals surface area contributed by atoms with E-state index in [1.165, 1.54) is 0 Å². The molecule has 0 amide bonds. The summed E-state index contributed by atoms with van der Waals surface area (Å²) < 4.78 is 19.0. The Kier molecular flexibility index (Phi) is 5.56. The van der Waals surface area contributed by atoms with Gasteiger partial charge >= 0.3 is 5.97 Å². The number of aryl methyl sites for hydroxylation is 1. The van der Waals surface area contributed by atoms with E-state index in [1.807, 2.05) is 19.9 Å². The van der Waals surface area contributed by atoms with Crippen LogP contribution in [0.25, 0.3) is 0 Å². The molecule has 1 atom stereocenters. The number of rotatable bonds is 6. The van der Waals surface area contributed by atoms with Gasteiger partial charge in [-0.1, -0.05) is 49.8 Å². The van der Waals surface area contributed by atoms with Crippen LogP contribution in [0.5, 0.6) is 0 Å². The number of carbonyl (C=O) groups excluding carboxylic acids is 1. The third kappa shape index (κ3) is 3.99. The lowest BCUT2D eigenvalue weighted by Gasteiger charge is -2.12. The molecule has 0 spiro atoms. The quantitative estimate of drug-likeness (QED) is 0.435. The minimum Gasteiger partial charge on any atom is -0.462 e. The van der Waals surface area contributed by atoms with Crippen molar-refractivity contribution >= 4 is 5.97 Å². The number of halogens is 1. The molecule has 0 N–H and O–H groups in total. The zero-order chi connectivity index (χ0) is 13.5. The summed E-state index contributed by atoms with van der Waals surface area (Å²) in [6.45, 7) is 7.67. The van der Waals surface area contributed by atoms with Gasteiger partial charge in [-0.2, -0.15) is 0 Å². The summed E-state index contributed by atoms with van der Waals surface area (Å²) in [5.74, 6) is -0.655. The van der Waals surface area contributed by atoms with E-state index < -0.39 is 12.1 Å². The van der Waals surface area contributed by atoms with Crippen molar-refractivity contribution in [2.24, 2.45) is 0 Å². The second-order valence-corrected chi connectivity index (χ2v) is 4.29. The Labute approximate surface area is 107 Å². The van der Waals surface area contributed by atoms with E-state index in [0.717, 1.165) is 18.4 Å². The first-order valence-corrected chi connectivity index (χ1v) is 6.12. The largest absolute Gasteiger partial charge is 0.462 e. The molecule has 0 radical (unpaired) electrons. The second-order valence-electron chi connectivity index (χ2n) is 4.29. The van der Waals surface area contributed by atoms with E-state index in [9.17, 15) is 9.18 Å². The van der Waals surface area contributed by atoms with Crippen LogP contribution in [0.4, 0.5) is 4.39 Å². The Bertz CT molecular complexity index is 426. The van der Waals surface area contributed by atoms with E-state index >= 15 is 0 Å². The van der Waals surface area contributed by atoms with Crippen LogP contribution in [0.3, 0.4) is 0 Å². The summed E-state index contributed by atoms with van der Waals surface area (Å²) in [7, 11) is 0. The van der Waals surface area contributed by atoms with Crippen LogP contribution in [0.1, 0.15) is 37.1 Å². The fourth-order valence-corrected chi connectivity index (χ4v) is 1.53. The minimum absolute atomic E-state index is 0.142. The maximum absolute atomic E-state index is 14.1. The minimum atomic E-state index is -1.50. The summed E-state index contributed by atoms with van der Waals surface area (Å²) in [4.78, 5) is 11.6. The second kappa shape index (κ2) is 6.94. The fourth-order valence-electron chi connectivity index (χ4n) is 1.53. The zero-order valence-electron chi connectivity index (χ0n) is 10.9. The third-order valence-electron chi connectivity index (χ3n) is 2.63. The molecule has 1 aromatic rings. The first-order valence-electron chi connectivity index (χ1n) is 6.12. The summed E-state index contributed by atoms with van der Waals surface area (Å²) in [6.07, 6.45) is 0.205. The van der Waals surface area contributed by atoms with Gasteiger partial charge in [-0.25, -0.2) is 9.18 Å². The van der Waals surface area contributed by atoms with E-state index in [2.05, 4.69) is 6.58 Å². The number of alkyl halides is 1. The molecule has 0 aliphatic rings. The van der Waals surface area contributed by atoms with Crippen molar-refractivity contribution in [2.75, 3.05) is 6.61 Å². The topological polar surface area (TPSA) is 26.3 Å². The van der Waals surface area contributed by atoms with Gasteiger partial charge in [0.25, 0.3) is 0 Å². The van der Waals surface area contributed by atoms with Gasteiger partial charge in [0.1, 0.15) is 0 Å². The molecule has 1 aromatic carbocycles. The van der Waals surface area contributed by atoms with Crippen LogP contribution in [-0.2, 0) is 9.53 Å². The highest BCUT2D eigenvalue weighted by molar-refractivity contribution is 5.89. The Morgan fingerprint density at radius 1 is 1.50 bits per heavy atom.